The molecule has 6 nitrogen and oxygen atoms in total. The van der Waals surface area contributed by atoms with Crippen LogP contribution in [0.15, 0.2) is 18.2 Å². The average molecular weight is 439 g/mol. The van der Waals surface area contributed by atoms with Crippen molar-refractivity contribution in [2.75, 3.05) is 26.1 Å². The number of hydrogen-bond donors (Lipinski definition) is 0. The Labute approximate surface area is 170 Å². The molecule has 2 fully saturated rings. The van der Waals surface area contributed by atoms with E-state index in [1.165, 1.54) is 0 Å². The van der Waals surface area contributed by atoms with E-state index < -0.39 is 15.7 Å². The molecule has 0 N–H and O–H groups in total. The lowest BCUT2D eigenvalue weighted by Gasteiger charge is -2.31. The van der Waals surface area contributed by atoms with Crippen LogP contribution in [0.3, 0.4) is 0 Å². The summed E-state index contributed by atoms with van der Waals surface area (Å²) >= 11 is 12.4. The van der Waals surface area contributed by atoms with Crippen molar-refractivity contribution in [3.8, 4) is 0 Å². The number of hydrogen-bond acceptors (Lipinski definition) is 6. The maximum absolute atomic E-state index is 11.5. The van der Waals surface area contributed by atoms with E-state index in [1.807, 2.05) is 0 Å². The maximum Gasteiger partial charge on any atom is 0.264 e. The predicted octanol–water partition coefficient (Wildman–Crippen LogP) is 3.89. The molecule has 2 heterocycles. The summed E-state index contributed by atoms with van der Waals surface area (Å²) in [5.74, 6) is 0. The molecule has 0 aliphatic carbocycles. The maximum atomic E-state index is 11.5. The molecular weight excluding hydrogens is 415 g/mol. The number of halogens is 2. The highest BCUT2D eigenvalue weighted by atomic mass is 35.5. The zero-order chi connectivity index (χ0) is 19.5. The summed E-state index contributed by atoms with van der Waals surface area (Å²) < 4.78 is 45.8. The van der Waals surface area contributed by atoms with Crippen LogP contribution in [-0.4, -0.2) is 46.9 Å². The quantitative estimate of drug-likeness (QED) is 0.601. The second kappa shape index (κ2) is 8.95. The van der Waals surface area contributed by atoms with Crippen LogP contribution in [-0.2, 0) is 34.1 Å². The van der Waals surface area contributed by atoms with Crippen LogP contribution in [0.4, 0.5) is 0 Å². The van der Waals surface area contributed by atoms with Crippen molar-refractivity contribution in [2.45, 2.75) is 50.1 Å². The zero-order valence-electron chi connectivity index (χ0n) is 15.2. The predicted molar refractivity (Wildman–Crippen MR) is 103 cm³/mol. The Morgan fingerprint density at radius 3 is 2.74 bits per heavy atom. The van der Waals surface area contributed by atoms with Crippen molar-refractivity contribution in [1.82, 2.24) is 0 Å². The summed E-state index contributed by atoms with van der Waals surface area (Å²) in [6.45, 7) is 0.933. The Balaban J connectivity index is 1.72. The summed E-state index contributed by atoms with van der Waals surface area (Å²) in [5, 5.41) is 0.909. The van der Waals surface area contributed by atoms with Gasteiger partial charge in [-0.05, 0) is 44.2 Å². The highest BCUT2D eigenvalue weighted by molar-refractivity contribution is 7.85. The molecule has 0 bridgehead atoms. The molecule has 2 aliphatic heterocycles. The minimum atomic E-state index is -3.63. The highest BCUT2D eigenvalue weighted by Crippen LogP contribution is 2.43. The molecule has 9 heteroatoms. The van der Waals surface area contributed by atoms with Gasteiger partial charge in [-0.1, -0.05) is 29.3 Å². The van der Waals surface area contributed by atoms with Crippen LogP contribution in [0.1, 0.15) is 37.7 Å². The lowest BCUT2D eigenvalue weighted by atomic mass is 9.91. The molecular formula is C18H24Cl2O6S. The molecule has 152 valence electrons. The van der Waals surface area contributed by atoms with Gasteiger partial charge in [-0.2, -0.15) is 8.42 Å². The molecule has 0 aromatic heterocycles. The first-order valence-corrected chi connectivity index (χ1v) is 11.6. The fourth-order valence-corrected chi connectivity index (χ4v) is 4.43. The van der Waals surface area contributed by atoms with Gasteiger partial charge in [0, 0.05) is 22.2 Å². The second-order valence-electron chi connectivity index (χ2n) is 6.99. The Morgan fingerprint density at radius 2 is 2.07 bits per heavy atom. The van der Waals surface area contributed by atoms with Gasteiger partial charge in [0.2, 0.25) is 0 Å². The molecule has 0 radical (unpaired) electrons. The third kappa shape index (κ3) is 5.79. The fraction of sp³-hybridized carbons (Fsp3) is 0.667. The number of ether oxygens (including phenoxy) is 3. The summed E-state index contributed by atoms with van der Waals surface area (Å²) in [7, 11) is -3.63. The molecule has 27 heavy (non-hydrogen) atoms. The van der Waals surface area contributed by atoms with Crippen LogP contribution >= 0.6 is 23.2 Å². The normalized spacial score (nSPS) is 29.1. The first kappa shape index (κ1) is 21.3. The molecule has 2 aliphatic rings. The minimum absolute atomic E-state index is 0.149. The van der Waals surface area contributed by atoms with Gasteiger partial charge in [0.25, 0.3) is 10.1 Å². The van der Waals surface area contributed by atoms with E-state index in [2.05, 4.69) is 0 Å². The Hall–Kier alpha value is -0.410. The van der Waals surface area contributed by atoms with Crippen LogP contribution in [0.2, 0.25) is 10.0 Å². The van der Waals surface area contributed by atoms with Gasteiger partial charge in [0.1, 0.15) is 5.60 Å². The SMILES string of the molecule is CS(=O)(=O)OC[C@]1(c2ccc(Cl)cc2Cl)CC[C@H](COC2CCCCO2)O1. The van der Waals surface area contributed by atoms with Crippen molar-refractivity contribution in [2.24, 2.45) is 0 Å². The standard InChI is InChI=1S/C18H24Cl2O6S/c1-27(21,22)25-12-18(15-6-5-13(19)10-16(15)20)8-7-14(26-18)11-24-17-4-2-3-9-23-17/h5-6,10,14,17H,2-4,7-9,11-12H2,1H3/t14-,17?,18+/m1/s1. The lowest BCUT2D eigenvalue weighted by Crippen LogP contribution is -2.35. The second-order valence-corrected chi connectivity index (χ2v) is 9.48. The molecule has 0 saturated carbocycles. The molecule has 0 amide bonds. The number of rotatable bonds is 7. The van der Waals surface area contributed by atoms with Crippen molar-refractivity contribution in [3.05, 3.63) is 33.8 Å². The van der Waals surface area contributed by atoms with E-state index in [1.54, 1.807) is 18.2 Å². The molecule has 3 atom stereocenters. The summed E-state index contributed by atoms with van der Waals surface area (Å²) in [6, 6.07) is 5.07. The highest BCUT2D eigenvalue weighted by Gasteiger charge is 2.44. The monoisotopic (exact) mass is 438 g/mol. The fourth-order valence-electron chi connectivity index (χ4n) is 3.45. The van der Waals surface area contributed by atoms with Gasteiger partial charge in [0.05, 0.1) is 25.6 Å². The van der Waals surface area contributed by atoms with Crippen LogP contribution < -0.4 is 0 Å². The largest absolute Gasteiger partial charge is 0.362 e. The van der Waals surface area contributed by atoms with Crippen molar-refractivity contribution in [1.29, 1.82) is 0 Å². The van der Waals surface area contributed by atoms with Crippen LogP contribution in [0.5, 0.6) is 0 Å². The van der Waals surface area contributed by atoms with Crippen LogP contribution in [0, 0.1) is 0 Å². The number of benzene rings is 1. The van der Waals surface area contributed by atoms with E-state index in [0.717, 1.165) is 25.5 Å². The summed E-state index contributed by atoms with van der Waals surface area (Å²) in [4.78, 5) is 0. The topological polar surface area (TPSA) is 71.1 Å². The minimum Gasteiger partial charge on any atom is -0.362 e. The molecule has 2 saturated heterocycles. The van der Waals surface area contributed by atoms with E-state index in [9.17, 15) is 8.42 Å². The van der Waals surface area contributed by atoms with E-state index in [-0.39, 0.29) is 19.0 Å². The van der Waals surface area contributed by atoms with Crippen molar-refractivity contribution >= 4 is 33.3 Å². The Morgan fingerprint density at radius 1 is 1.26 bits per heavy atom. The smallest absolute Gasteiger partial charge is 0.264 e. The van der Waals surface area contributed by atoms with Crippen molar-refractivity contribution < 1.29 is 26.8 Å². The van der Waals surface area contributed by atoms with Gasteiger partial charge < -0.3 is 14.2 Å². The molecule has 3 rings (SSSR count). The van der Waals surface area contributed by atoms with E-state index in [4.69, 9.17) is 41.6 Å². The first-order valence-electron chi connectivity index (χ1n) is 8.98. The van der Waals surface area contributed by atoms with Gasteiger partial charge in [-0.15, -0.1) is 0 Å². The lowest BCUT2D eigenvalue weighted by molar-refractivity contribution is -0.186. The molecule has 1 unspecified atom stereocenters. The third-order valence-corrected chi connectivity index (χ3v) is 5.89. The van der Waals surface area contributed by atoms with Gasteiger partial charge in [0.15, 0.2) is 6.29 Å². The third-order valence-electron chi connectivity index (χ3n) is 4.80. The zero-order valence-corrected chi connectivity index (χ0v) is 17.5. The van der Waals surface area contributed by atoms with E-state index in [0.29, 0.717) is 41.7 Å². The summed E-state index contributed by atoms with van der Waals surface area (Å²) in [6.07, 6.45) is 4.87. The molecule has 0 spiro atoms. The Bertz CT molecular complexity index is 750. The summed E-state index contributed by atoms with van der Waals surface area (Å²) in [5.41, 5.74) is -0.305. The first-order chi connectivity index (χ1) is 12.8. The Kier molecular flexibility index (Phi) is 7.06. The van der Waals surface area contributed by atoms with E-state index >= 15 is 0 Å². The van der Waals surface area contributed by atoms with Gasteiger partial charge >= 0.3 is 0 Å². The molecule has 1 aromatic carbocycles. The van der Waals surface area contributed by atoms with Gasteiger partial charge in [-0.25, -0.2) is 0 Å². The average Bonchev–Trinajstić information content (AvgIpc) is 3.03. The molecule has 1 aromatic rings. The van der Waals surface area contributed by atoms with Crippen molar-refractivity contribution in [3.63, 3.8) is 0 Å². The van der Waals surface area contributed by atoms with Crippen LogP contribution in [0.25, 0.3) is 0 Å². The van der Waals surface area contributed by atoms with Gasteiger partial charge in [-0.3, -0.25) is 4.18 Å².